The Hall–Kier alpha value is -3.70. The number of hydrogen-bond donors (Lipinski definition) is 0. The fourth-order valence-corrected chi connectivity index (χ4v) is 4.87. The SMILES string of the molecule is CC(C)OC(=O)N1c2ccc(C(F)(F)F)nc2C(N(C#N)Cc2cc(C(F)(F)F)cc(C(F)(F)F)c2)CC1C1CC1. The van der Waals surface area contributed by atoms with Crippen LogP contribution in [0.25, 0.3) is 0 Å². The van der Waals surface area contributed by atoms with E-state index in [1.165, 1.54) is 4.90 Å². The Balaban J connectivity index is 1.82. The van der Waals surface area contributed by atoms with E-state index < -0.39 is 71.7 Å². The van der Waals surface area contributed by atoms with E-state index in [1.54, 1.807) is 20.0 Å². The third kappa shape index (κ3) is 6.62. The summed E-state index contributed by atoms with van der Waals surface area (Å²) in [7, 11) is 0. The van der Waals surface area contributed by atoms with E-state index in [-0.39, 0.29) is 29.8 Å². The number of aromatic nitrogens is 1. The topological polar surface area (TPSA) is 69.5 Å². The first kappa shape index (κ1) is 30.3. The maximum atomic E-state index is 13.6. The summed E-state index contributed by atoms with van der Waals surface area (Å²) >= 11 is 0. The lowest BCUT2D eigenvalue weighted by Gasteiger charge is -2.42. The molecule has 1 fully saturated rings. The zero-order valence-corrected chi connectivity index (χ0v) is 21.5. The number of carbonyl (C=O) groups is 1. The number of amides is 1. The van der Waals surface area contributed by atoms with Crippen molar-refractivity contribution in [3.63, 3.8) is 0 Å². The van der Waals surface area contributed by atoms with Gasteiger partial charge in [0.1, 0.15) is 5.69 Å². The quantitative estimate of drug-likeness (QED) is 0.202. The summed E-state index contributed by atoms with van der Waals surface area (Å²) < 4.78 is 127. The number of halogens is 9. The number of carbonyl (C=O) groups excluding carboxylic acids is 1. The Bertz CT molecular complexity index is 1310. The Morgan fingerprint density at radius 2 is 1.61 bits per heavy atom. The zero-order valence-electron chi connectivity index (χ0n) is 21.5. The predicted molar refractivity (Wildman–Crippen MR) is 125 cm³/mol. The molecule has 0 saturated heterocycles. The van der Waals surface area contributed by atoms with Gasteiger partial charge in [0.25, 0.3) is 0 Å². The van der Waals surface area contributed by atoms with Crippen molar-refractivity contribution in [1.29, 1.82) is 5.26 Å². The van der Waals surface area contributed by atoms with Gasteiger partial charge in [-0.25, -0.2) is 9.78 Å². The van der Waals surface area contributed by atoms with Crippen LogP contribution in [0.1, 0.15) is 67.2 Å². The van der Waals surface area contributed by atoms with E-state index >= 15 is 0 Å². The summed E-state index contributed by atoms with van der Waals surface area (Å²) in [5.74, 6) is -0.112. The first-order valence-corrected chi connectivity index (χ1v) is 12.4. The van der Waals surface area contributed by atoms with Crippen LogP contribution in [0.2, 0.25) is 0 Å². The molecule has 41 heavy (non-hydrogen) atoms. The fraction of sp³-hybridized carbons (Fsp3) is 0.500. The maximum absolute atomic E-state index is 13.6. The van der Waals surface area contributed by atoms with Gasteiger partial charge >= 0.3 is 24.6 Å². The van der Waals surface area contributed by atoms with Gasteiger partial charge in [0.2, 0.25) is 0 Å². The van der Waals surface area contributed by atoms with Gasteiger partial charge in [-0.2, -0.15) is 44.8 Å². The highest BCUT2D eigenvalue weighted by Gasteiger charge is 2.48. The Kier molecular flexibility index (Phi) is 7.83. The molecule has 2 aromatic rings. The van der Waals surface area contributed by atoms with Crippen LogP contribution in [0, 0.1) is 17.4 Å². The van der Waals surface area contributed by atoms with Gasteiger partial charge in [-0.05, 0) is 74.9 Å². The van der Waals surface area contributed by atoms with Crippen LogP contribution in [-0.2, 0) is 29.8 Å². The second-order valence-electron chi connectivity index (χ2n) is 10.2. The Morgan fingerprint density at radius 3 is 2.07 bits per heavy atom. The molecule has 6 nitrogen and oxygen atoms in total. The molecule has 222 valence electrons. The molecule has 15 heteroatoms. The van der Waals surface area contributed by atoms with Gasteiger partial charge in [0, 0.05) is 6.04 Å². The van der Waals surface area contributed by atoms with E-state index in [1.807, 2.05) is 0 Å². The molecule has 1 saturated carbocycles. The van der Waals surface area contributed by atoms with Crippen LogP contribution < -0.4 is 4.90 Å². The fourth-order valence-electron chi connectivity index (χ4n) is 4.87. The molecule has 2 atom stereocenters. The molecular formula is C26H23F9N4O2. The van der Waals surface area contributed by atoms with Crippen LogP contribution in [-0.4, -0.2) is 28.1 Å². The highest BCUT2D eigenvalue weighted by atomic mass is 19.4. The van der Waals surface area contributed by atoms with Crippen molar-refractivity contribution >= 4 is 11.8 Å². The minimum Gasteiger partial charge on any atom is -0.446 e. The van der Waals surface area contributed by atoms with Crippen LogP contribution in [0.4, 0.5) is 50.0 Å². The van der Waals surface area contributed by atoms with Crippen LogP contribution in [0.5, 0.6) is 0 Å². The van der Waals surface area contributed by atoms with Crippen molar-refractivity contribution in [3.8, 4) is 6.19 Å². The Labute approximate surface area is 228 Å². The lowest BCUT2D eigenvalue weighted by atomic mass is 9.90. The molecule has 1 aromatic heterocycles. The summed E-state index contributed by atoms with van der Waals surface area (Å²) in [4.78, 5) is 18.7. The zero-order chi connectivity index (χ0) is 30.5. The standard InChI is InChI=1S/C26H23F9N4O2/c1-13(2)41-23(40)39-18-5-6-21(26(33,34)35)37-22(18)20(10-19(39)15-3-4-15)38(12-36)11-14-7-16(24(27,28)29)9-17(8-14)25(30,31)32/h5-9,13,15,19-20H,3-4,10-11H2,1-2H3. The second kappa shape index (κ2) is 10.6. The highest BCUT2D eigenvalue weighted by Crippen LogP contribution is 2.49. The van der Waals surface area contributed by atoms with E-state index in [0.717, 1.165) is 11.0 Å². The third-order valence-corrected chi connectivity index (χ3v) is 6.77. The minimum absolute atomic E-state index is 0.0609. The van der Waals surface area contributed by atoms with Crippen molar-refractivity contribution in [2.75, 3.05) is 4.90 Å². The van der Waals surface area contributed by atoms with Gasteiger partial charge in [-0.1, -0.05) is 0 Å². The van der Waals surface area contributed by atoms with Crippen LogP contribution in [0.3, 0.4) is 0 Å². The van der Waals surface area contributed by atoms with Crippen molar-refractivity contribution in [2.45, 2.75) is 76.4 Å². The summed E-state index contributed by atoms with van der Waals surface area (Å²) in [5.41, 5.74) is -5.54. The van der Waals surface area contributed by atoms with Gasteiger partial charge in [0.15, 0.2) is 6.19 Å². The van der Waals surface area contributed by atoms with Crippen molar-refractivity contribution < 1.29 is 49.0 Å². The molecule has 0 N–H and O–H groups in total. The molecule has 0 bridgehead atoms. The first-order valence-electron chi connectivity index (χ1n) is 12.4. The van der Waals surface area contributed by atoms with Crippen LogP contribution in [0.15, 0.2) is 30.3 Å². The van der Waals surface area contributed by atoms with Crippen molar-refractivity contribution in [1.82, 2.24) is 9.88 Å². The second-order valence-corrected chi connectivity index (χ2v) is 10.2. The Morgan fingerprint density at radius 1 is 1.02 bits per heavy atom. The lowest BCUT2D eigenvalue weighted by Crippen LogP contribution is -2.49. The van der Waals surface area contributed by atoms with Gasteiger partial charge in [-0.3, -0.25) is 9.80 Å². The molecule has 1 aliphatic heterocycles. The number of pyridine rings is 1. The normalized spacial score (nSPS) is 19.5. The van der Waals surface area contributed by atoms with Gasteiger partial charge < -0.3 is 4.74 Å². The molecule has 0 radical (unpaired) electrons. The largest absolute Gasteiger partial charge is 0.446 e. The molecule has 2 unspecified atom stereocenters. The molecule has 1 aliphatic carbocycles. The number of alkyl halides is 9. The molecule has 4 rings (SSSR count). The van der Waals surface area contributed by atoms with Crippen molar-refractivity contribution in [2.24, 2.45) is 5.92 Å². The first-order chi connectivity index (χ1) is 18.9. The molecule has 1 aromatic carbocycles. The third-order valence-electron chi connectivity index (χ3n) is 6.77. The number of anilines is 1. The average molecular weight is 594 g/mol. The van der Waals surface area contributed by atoms with Gasteiger partial charge in [-0.15, -0.1) is 0 Å². The molecule has 2 heterocycles. The van der Waals surface area contributed by atoms with Gasteiger partial charge in [0.05, 0.1) is 41.2 Å². The minimum atomic E-state index is -5.14. The molecular weight excluding hydrogens is 571 g/mol. The summed E-state index contributed by atoms with van der Waals surface area (Å²) in [6, 6.07) is 0.543. The van der Waals surface area contributed by atoms with E-state index in [0.29, 0.717) is 31.0 Å². The van der Waals surface area contributed by atoms with E-state index in [9.17, 15) is 49.6 Å². The summed E-state index contributed by atoms with van der Waals surface area (Å²) in [6.45, 7) is 2.36. The number of nitrogens with zero attached hydrogens (tertiary/aromatic N) is 4. The smallest absolute Gasteiger partial charge is 0.433 e. The number of hydrogen-bond acceptors (Lipinski definition) is 5. The molecule has 1 amide bonds. The van der Waals surface area contributed by atoms with E-state index in [4.69, 9.17) is 4.74 Å². The molecule has 2 aliphatic rings. The predicted octanol–water partition coefficient (Wildman–Crippen LogP) is 7.70. The monoisotopic (exact) mass is 594 g/mol. The lowest BCUT2D eigenvalue weighted by molar-refractivity contribution is -0.143. The number of fused-ring (bicyclic) bond motifs is 1. The van der Waals surface area contributed by atoms with E-state index in [2.05, 4.69) is 4.98 Å². The van der Waals surface area contributed by atoms with Crippen LogP contribution >= 0.6 is 0 Å². The number of ether oxygens (including phenoxy) is 1. The maximum Gasteiger partial charge on any atom is 0.433 e. The molecule has 0 spiro atoms. The average Bonchev–Trinajstić information content (AvgIpc) is 3.69. The summed E-state index contributed by atoms with van der Waals surface area (Å²) in [6.07, 6.45) is -13.8. The number of benzene rings is 1. The highest BCUT2D eigenvalue weighted by molar-refractivity contribution is 5.90. The van der Waals surface area contributed by atoms with Crippen molar-refractivity contribution in [3.05, 3.63) is 58.4 Å². The summed E-state index contributed by atoms with van der Waals surface area (Å²) in [5, 5.41) is 9.96. The number of rotatable bonds is 5. The number of nitriles is 1.